The standard InChI is InChI=1S/C26H17N3O6/c1-13(29-25(33)19-9-5-2-6-15(19)21(28-29)26(34)35)24(32)27-14-10-11-18-20(12-14)23(31)17-8-4-3-7-16(17)22(18)30/h2-13H,1H3,(H,27,32)(H,34,35). The molecule has 0 radical (unpaired) electrons. The second-order valence-electron chi connectivity index (χ2n) is 8.08. The SMILES string of the molecule is CC(C(=O)Nc1ccc2c(c1)C(=O)c1ccccc1C2=O)n1nc(C(=O)O)c2ccccc2c1=O. The van der Waals surface area contributed by atoms with Gasteiger partial charge in [-0.25, -0.2) is 9.48 Å². The van der Waals surface area contributed by atoms with Crippen LogP contribution in [0.2, 0.25) is 0 Å². The molecule has 1 unspecified atom stereocenters. The molecule has 2 N–H and O–H groups in total. The van der Waals surface area contributed by atoms with Crippen molar-refractivity contribution >= 4 is 39.9 Å². The second-order valence-corrected chi connectivity index (χ2v) is 8.08. The van der Waals surface area contributed by atoms with E-state index in [4.69, 9.17) is 0 Å². The second kappa shape index (κ2) is 8.14. The molecule has 0 saturated heterocycles. The summed E-state index contributed by atoms with van der Waals surface area (Å²) >= 11 is 0. The zero-order valence-corrected chi connectivity index (χ0v) is 18.3. The average molecular weight is 467 g/mol. The number of hydrogen-bond donors (Lipinski definition) is 2. The van der Waals surface area contributed by atoms with Crippen LogP contribution in [0.25, 0.3) is 10.8 Å². The lowest BCUT2D eigenvalue weighted by Gasteiger charge is -2.19. The number of carbonyl (C=O) groups is 4. The molecule has 1 aliphatic carbocycles. The third kappa shape index (κ3) is 3.50. The Balaban J connectivity index is 1.48. The van der Waals surface area contributed by atoms with Crippen LogP contribution in [0.4, 0.5) is 5.69 Å². The molecule has 9 heteroatoms. The quantitative estimate of drug-likeness (QED) is 0.415. The molecule has 0 bridgehead atoms. The lowest BCUT2D eigenvalue weighted by atomic mass is 9.84. The maximum absolute atomic E-state index is 13.0. The predicted octanol–water partition coefficient (Wildman–Crippen LogP) is 3.07. The molecule has 1 heterocycles. The molecule has 1 aliphatic rings. The zero-order valence-electron chi connectivity index (χ0n) is 18.3. The summed E-state index contributed by atoms with van der Waals surface area (Å²) in [4.78, 5) is 63.3. The van der Waals surface area contributed by atoms with Crippen LogP contribution in [0.15, 0.2) is 71.5 Å². The van der Waals surface area contributed by atoms with Crippen LogP contribution in [0, 0.1) is 0 Å². The van der Waals surface area contributed by atoms with Crippen LogP contribution in [0.3, 0.4) is 0 Å². The summed E-state index contributed by atoms with van der Waals surface area (Å²) in [6, 6.07) is 15.9. The number of benzene rings is 3. The van der Waals surface area contributed by atoms with Crippen LogP contribution in [-0.2, 0) is 4.79 Å². The van der Waals surface area contributed by atoms with E-state index < -0.39 is 23.5 Å². The zero-order chi connectivity index (χ0) is 24.9. The minimum atomic E-state index is -1.33. The van der Waals surface area contributed by atoms with E-state index in [-0.39, 0.29) is 50.4 Å². The van der Waals surface area contributed by atoms with E-state index in [9.17, 15) is 29.1 Å². The molecular formula is C26H17N3O6. The Bertz CT molecular complexity index is 1650. The minimum absolute atomic E-state index is 0.121. The van der Waals surface area contributed by atoms with Gasteiger partial charge in [-0.1, -0.05) is 42.5 Å². The molecule has 1 atom stereocenters. The first kappa shape index (κ1) is 21.9. The summed E-state index contributed by atoms with van der Waals surface area (Å²) in [7, 11) is 0. The number of fused-ring (bicyclic) bond motifs is 3. The Hall–Kier alpha value is -4.92. The first-order chi connectivity index (χ1) is 16.8. The number of ketones is 2. The smallest absolute Gasteiger partial charge is 0.357 e. The molecule has 0 saturated carbocycles. The van der Waals surface area contributed by atoms with Crippen molar-refractivity contribution in [3.63, 3.8) is 0 Å². The third-order valence-corrected chi connectivity index (χ3v) is 5.97. The number of aromatic nitrogens is 2. The fourth-order valence-electron chi connectivity index (χ4n) is 4.16. The van der Waals surface area contributed by atoms with Crippen molar-refractivity contribution in [2.75, 3.05) is 5.32 Å². The van der Waals surface area contributed by atoms with Crippen LogP contribution >= 0.6 is 0 Å². The Labute approximate surface area is 197 Å². The van der Waals surface area contributed by atoms with Gasteiger partial charge in [0.2, 0.25) is 5.91 Å². The highest BCUT2D eigenvalue weighted by atomic mass is 16.4. The van der Waals surface area contributed by atoms with E-state index in [1.807, 2.05) is 0 Å². The normalized spacial score (nSPS) is 13.2. The Morgan fingerprint density at radius 1 is 0.829 bits per heavy atom. The van der Waals surface area contributed by atoms with Gasteiger partial charge >= 0.3 is 5.97 Å². The number of hydrogen-bond acceptors (Lipinski definition) is 6. The number of aromatic carboxylic acids is 1. The first-order valence-corrected chi connectivity index (χ1v) is 10.7. The summed E-state index contributed by atoms with van der Waals surface area (Å²) < 4.78 is 0.824. The van der Waals surface area contributed by atoms with Crippen molar-refractivity contribution in [2.45, 2.75) is 13.0 Å². The van der Waals surface area contributed by atoms with E-state index in [0.717, 1.165) is 4.68 Å². The monoisotopic (exact) mass is 467 g/mol. The van der Waals surface area contributed by atoms with Crippen LogP contribution in [0.1, 0.15) is 55.3 Å². The van der Waals surface area contributed by atoms with Crippen LogP contribution < -0.4 is 10.9 Å². The van der Waals surface area contributed by atoms with Gasteiger partial charge in [-0.3, -0.25) is 19.2 Å². The average Bonchev–Trinajstić information content (AvgIpc) is 2.87. The van der Waals surface area contributed by atoms with Crippen molar-refractivity contribution < 1.29 is 24.3 Å². The molecule has 0 aliphatic heterocycles. The largest absolute Gasteiger partial charge is 0.476 e. The van der Waals surface area contributed by atoms with E-state index in [0.29, 0.717) is 5.56 Å². The predicted molar refractivity (Wildman–Crippen MR) is 126 cm³/mol. The maximum Gasteiger partial charge on any atom is 0.357 e. The van der Waals surface area contributed by atoms with E-state index in [1.165, 1.54) is 37.3 Å². The van der Waals surface area contributed by atoms with Gasteiger partial charge < -0.3 is 10.4 Å². The molecule has 1 aromatic heterocycles. The first-order valence-electron chi connectivity index (χ1n) is 10.7. The molecule has 172 valence electrons. The fraction of sp³-hybridized carbons (Fsp3) is 0.0769. The lowest BCUT2D eigenvalue weighted by molar-refractivity contribution is -0.119. The number of amides is 1. The number of carbonyl (C=O) groups excluding carboxylic acids is 3. The van der Waals surface area contributed by atoms with Gasteiger partial charge in [-0.05, 0) is 31.2 Å². The fourth-order valence-corrected chi connectivity index (χ4v) is 4.16. The number of anilines is 1. The number of nitrogens with one attached hydrogen (secondary N) is 1. The Morgan fingerprint density at radius 3 is 2.06 bits per heavy atom. The van der Waals surface area contributed by atoms with Gasteiger partial charge in [0.05, 0.1) is 5.39 Å². The Kier molecular flexibility index (Phi) is 5.09. The molecule has 0 spiro atoms. The van der Waals surface area contributed by atoms with Gasteiger partial charge in [0.15, 0.2) is 17.3 Å². The molecule has 4 aromatic rings. The number of carboxylic acid groups (broad SMARTS) is 1. The van der Waals surface area contributed by atoms with Crippen LogP contribution in [0.5, 0.6) is 0 Å². The lowest BCUT2D eigenvalue weighted by Crippen LogP contribution is -2.35. The topological polar surface area (TPSA) is 135 Å². The third-order valence-electron chi connectivity index (χ3n) is 5.97. The van der Waals surface area contributed by atoms with Gasteiger partial charge in [0.25, 0.3) is 5.56 Å². The minimum Gasteiger partial charge on any atom is -0.476 e. The highest BCUT2D eigenvalue weighted by Gasteiger charge is 2.30. The highest BCUT2D eigenvalue weighted by Crippen LogP contribution is 2.29. The summed E-state index contributed by atoms with van der Waals surface area (Å²) in [5, 5.41) is 16.4. The van der Waals surface area contributed by atoms with Gasteiger partial charge in [0.1, 0.15) is 6.04 Å². The van der Waals surface area contributed by atoms with Crippen molar-refractivity contribution in [3.05, 3.63) is 105 Å². The summed E-state index contributed by atoms with van der Waals surface area (Å²) in [6.45, 7) is 1.41. The maximum atomic E-state index is 13.0. The van der Waals surface area contributed by atoms with Crippen molar-refractivity contribution in [1.82, 2.24) is 9.78 Å². The molecule has 1 amide bonds. The summed E-state index contributed by atoms with van der Waals surface area (Å²) in [5.41, 5.74) is 0.286. The molecule has 3 aromatic carbocycles. The number of rotatable bonds is 4. The van der Waals surface area contributed by atoms with Crippen molar-refractivity contribution in [3.8, 4) is 0 Å². The molecule has 0 fully saturated rings. The van der Waals surface area contributed by atoms with Gasteiger partial charge in [-0.2, -0.15) is 5.10 Å². The highest BCUT2D eigenvalue weighted by molar-refractivity contribution is 6.28. The van der Waals surface area contributed by atoms with E-state index in [1.54, 1.807) is 36.4 Å². The van der Waals surface area contributed by atoms with Crippen LogP contribution in [-0.4, -0.2) is 38.3 Å². The van der Waals surface area contributed by atoms with Crippen molar-refractivity contribution in [2.24, 2.45) is 0 Å². The number of carboxylic acids is 1. The summed E-state index contributed by atoms with van der Waals surface area (Å²) in [5.74, 6) is -2.60. The number of nitrogens with zero attached hydrogens (tertiary/aromatic N) is 2. The van der Waals surface area contributed by atoms with Gasteiger partial charge in [-0.15, -0.1) is 0 Å². The Morgan fingerprint density at radius 2 is 1.40 bits per heavy atom. The molecule has 35 heavy (non-hydrogen) atoms. The van der Waals surface area contributed by atoms with Gasteiger partial charge in [0, 0.05) is 33.3 Å². The van der Waals surface area contributed by atoms with E-state index in [2.05, 4.69) is 10.4 Å². The van der Waals surface area contributed by atoms with E-state index >= 15 is 0 Å². The molecular weight excluding hydrogens is 450 g/mol. The van der Waals surface area contributed by atoms with Crippen molar-refractivity contribution in [1.29, 1.82) is 0 Å². The summed E-state index contributed by atoms with van der Waals surface area (Å²) in [6.07, 6.45) is 0. The molecule has 5 rings (SSSR count). The molecule has 9 nitrogen and oxygen atoms in total.